The Morgan fingerprint density at radius 1 is 1.14 bits per heavy atom. The van der Waals surface area contributed by atoms with Crippen molar-refractivity contribution in [2.24, 2.45) is 0 Å². The van der Waals surface area contributed by atoms with Gasteiger partial charge in [0.05, 0.1) is 5.52 Å². The summed E-state index contributed by atoms with van der Waals surface area (Å²) in [7, 11) is 2.04. The molecule has 2 heterocycles. The van der Waals surface area contributed by atoms with Gasteiger partial charge in [0, 0.05) is 32.9 Å². The van der Waals surface area contributed by atoms with Gasteiger partial charge in [0.15, 0.2) is 0 Å². The summed E-state index contributed by atoms with van der Waals surface area (Å²) in [5, 5.41) is 4.65. The van der Waals surface area contributed by atoms with Crippen LogP contribution < -0.4 is 5.32 Å². The molecule has 0 spiro atoms. The Labute approximate surface area is 129 Å². The van der Waals surface area contributed by atoms with Crippen LogP contribution in [0, 0.1) is 0 Å². The van der Waals surface area contributed by atoms with Crippen LogP contribution in [-0.4, -0.2) is 12.0 Å². The van der Waals surface area contributed by atoms with E-state index in [1.165, 1.54) is 33.5 Å². The minimum Gasteiger partial charge on any atom is -0.312 e. The van der Waals surface area contributed by atoms with Gasteiger partial charge in [-0.2, -0.15) is 0 Å². The smallest absolute Gasteiger partial charge is 0.0708 e. The highest BCUT2D eigenvalue weighted by atomic mass is 32.1. The fourth-order valence-electron chi connectivity index (χ4n) is 2.72. The van der Waals surface area contributed by atoms with E-state index in [9.17, 15) is 0 Å². The number of thiophene rings is 1. The first-order valence-corrected chi connectivity index (χ1v) is 8.26. The average Bonchev–Trinajstić information content (AvgIpc) is 3.01. The van der Waals surface area contributed by atoms with E-state index in [1.54, 1.807) is 0 Å². The third kappa shape index (κ3) is 2.85. The second-order valence-electron chi connectivity index (χ2n) is 5.21. The van der Waals surface area contributed by atoms with Crippen LogP contribution in [0.4, 0.5) is 0 Å². The van der Waals surface area contributed by atoms with Crippen LogP contribution in [0.5, 0.6) is 0 Å². The van der Waals surface area contributed by atoms with Crippen molar-refractivity contribution >= 4 is 22.2 Å². The minimum atomic E-state index is 0.460. The van der Waals surface area contributed by atoms with Crippen LogP contribution in [0.2, 0.25) is 0 Å². The van der Waals surface area contributed by atoms with Crippen LogP contribution in [0.25, 0.3) is 21.3 Å². The van der Waals surface area contributed by atoms with Gasteiger partial charge in [0.1, 0.15) is 0 Å². The average molecular weight is 296 g/mol. The van der Waals surface area contributed by atoms with Gasteiger partial charge >= 0.3 is 0 Å². The van der Waals surface area contributed by atoms with Crippen LogP contribution in [-0.2, 0) is 0 Å². The minimum absolute atomic E-state index is 0.460. The molecule has 0 saturated carbocycles. The first-order chi connectivity index (χ1) is 10.3. The van der Waals surface area contributed by atoms with Crippen molar-refractivity contribution in [1.29, 1.82) is 0 Å². The highest BCUT2D eigenvalue weighted by Crippen LogP contribution is 2.36. The first-order valence-electron chi connectivity index (χ1n) is 7.44. The Morgan fingerprint density at radius 3 is 2.86 bits per heavy atom. The predicted molar refractivity (Wildman–Crippen MR) is 91.8 cm³/mol. The first kappa shape index (κ1) is 14.2. The maximum atomic E-state index is 4.45. The normalized spacial score (nSPS) is 12.7. The molecule has 0 radical (unpaired) electrons. The summed E-state index contributed by atoms with van der Waals surface area (Å²) in [6, 6.07) is 15.5. The molecule has 2 aromatic heterocycles. The third-order valence-electron chi connectivity index (χ3n) is 3.81. The van der Waals surface area contributed by atoms with Gasteiger partial charge in [-0.05, 0) is 37.7 Å². The van der Waals surface area contributed by atoms with Crippen molar-refractivity contribution < 1.29 is 0 Å². The second kappa shape index (κ2) is 6.37. The van der Waals surface area contributed by atoms with E-state index in [2.05, 4.69) is 53.6 Å². The van der Waals surface area contributed by atoms with E-state index >= 15 is 0 Å². The van der Waals surface area contributed by atoms with E-state index in [-0.39, 0.29) is 0 Å². The molecule has 3 rings (SSSR count). The summed E-state index contributed by atoms with van der Waals surface area (Å²) >= 11 is 1.88. The Bertz CT molecular complexity index is 727. The monoisotopic (exact) mass is 296 g/mol. The van der Waals surface area contributed by atoms with Crippen LogP contribution >= 0.6 is 11.3 Å². The van der Waals surface area contributed by atoms with E-state index in [1.807, 2.05) is 30.6 Å². The Morgan fingerprint density at radius 2 is 2.05 bits per heavy atom. The zero-order chi connectivity index (χ0) is 14.7. The molecule has 0 saturated heterocycles. The van der Waals surface area contributed by atoms with Crippen molar-refractivity contribution in [1.82, 2.24) is 10.3 Å². The number of nitrogens with one attached hydrogen (secondary N) is 1. The van der Waals surface area contributed by atoms with Gasteiger partial charge in [-0.15, -0.1) is 11.3 Å². The summed E-state index contributed by atoms with van der Waals surface area (Å²) in [6.45, 7) is 2.23. The van der Waals surface area contributed by atoms with Gasteiger partial charge in [0.25, 0.3) is 0 Å². The quantitative estimate of drug-likeness (QED) is 0.714. The van der Waals surface area contributed by atoms with Crippen molar-refractivity contribution in [2.75, 3.05) is 7.05 Å². The molecule has 108 valence electrons. The summed E-state index contributed by atoms with van der Waals surface area (Å²) in [6.07, 6.45) is 4.22. The van der Waals surface area contributed by atoms with E-state index in [4.69, 9.17) is 0 Å². The van der Waals surface area contributed by atoms with E-state index < -0.39 is 0 Å². The van der Waals surface area contributed by atoms with Gasteiger partial charge < -0.3 is 5.32 Å². The highest BCUT2D eigenvalue weighted by Gasteiger charge is 2.13. The molecule has 3 heteroatoms. The van der Waals surface area contributed by atoms with Gasteiger partial charge in [-0.25, -0.2) is 0 Å². The number of pyridine rings is 1. The standard InChI is InChI=1S/C18H20N2S/c1-3-6-16(19-2)18-11-10-17(21-18)14-7-4-9-15-13(14)8-5-12-20-15/h4-5,7-12,16,19H,3,6H2,1-2H3. The number of fused-ring (bicyclic) bond motifs is 1. The van der Waals surface area contributed by atoms with Crippen molar-refractivity contribution in [3.05, 3.63) is 53.5 Å². The molecule has 0 aliphatic rings. The van der Waals surface area contributed by atoms with Crippen LogP contribution in [0.15, 0.2) is 48.7 Å². The zero-order valence-corrected chi connectivity index (χ0v) is 13.3. The number of benzene rings is 1. The predicted octanol–water partition coefficient (Wildman–Crippen LogP) is 5.02. The van der Waals surface area contributed by atoms with E-state index in [0.29, 0.717) is 6.04 Å². The molecule has 0 aliphatic heterocycles. The number of aromatic nitrogens is 1. The topological polar surface area (TPSA) is 24.9 Å². The molecule has 1 unspecified atom stereocenters. The molecular formula is C18H20N2S. The number of nitrogens with zero attached hydrogens (tertiary/aromatic N) is 1. The molecule has 0 bridgehead atoms. The van der Waals surface area contributed by atoms with Crippen molar-refractivity contribution in [3.63, 3.8) is 0 Å². The fourth-order valence-corrected chi connectivity index (χ4v) is 3.91. The lowest BCUT2D eigenvalue weighted by Gasteiger charge is -2.12. The summed E-state index contributed by atoms with van der Waals surface area (Å²) in [5.74, 6) is 0. The number of hydrogen-bond acceptors (Lipinski definition) is 3. The fraction of sp³-hybridized carbons (Fsp3) is 0.278. The van der Waals surface area contributed by atoms with Crippen molar-refractivity contribution in [3.8, 4) is 10.4 Å². The van der Waals surface area contributed by atoms with Crippen LogP contribution in [0.1, 0.15) is 30.7 Å². The van der Waals surface area contributed by atoms with Gasteiger partial charge in [0.2, 0.25) is 0 Å². The third-order valence-corrected chi connectivity index (χ3v) is 5.04. The summed E-state index contributed by atoms with van der Waals surface area (Å²) < 4.78 is 0. The maximum absolute atomic E-state index is 4.45. The largest absolute Gasteiger partial charge is 0.312 e. The SMILES string of the molecule is CCCC(NC)c1ccc(-c2cccc3ncccc23)s1. The Balaban J connectivity index is 2.02. The molecule has 1 aromatic carbocycles. The lowest BCUT2D eigenvalue weighted by atomic mass is 10.1. The lowest BCUT2D eigenvalue weighted by molar-refractivity contribution is 0.550. The molecule has 21 heavy (non-hydrogen) atoms. The second-order valence-corrected chi connectivity index (χ2v) is 6.32. The molecule has 1 N–H and O–H groups in total. The Hall–Kier alpha value is -1.71. The maximum Gasteiger partial charge on any atom is 0.0708 e. The van der Waals surface area contributed by atoms with Gasteiger partial charge in [-0.1, -0.05) is 31.5 Å². The lowest BCUT2D eigenvalue weighted by Crippen LogP contribution is -2.14. The molecule has 3 aromatic rings. The summed E-state index contributed by atoms with van der Waals surface area (Å²) in [5.41, 5.74) is 2.34. The molecule has 0 aliphatic carbocycles. The van der Waals surface area contributed by atoms with Crippen molar-refractivity contribution in [2.45, 2.75) is 25.8 Å². The zero-order valence-electron chi connectivity index (χ0n) is 12.5. The molecule has 0 fully saturated rings. The van der Waals surface area contributed by atoms with Crippen LogP contribution in [0.3, 0.4) is 0 Å². The molecule has 1 atom stereocenters. The summed E-state index contributed by atoms with van der Waals surface area (Å²) in [4.78, 5) is 7.18. The van der Waals surface area contributed by atoms with E-state index in [0.717, 1.165) is 5.52 Å². The van der Waals surface area contributed by atoms with Gasteiger partial charge in [-0.3, -0.25) is 4.98 Å². The molecular weight excluding hydrogens is 276 g/mol. The molecule has 0 amide bonds. The number of hydrogen-bond donors (Lipinski definition) is 1. The Kier molecular flexibility index (Phi) is 4.32. The highest BCUT2D eigenvalue weighted by molar-refractivity contribution is 7.15. The molecule has 2 nitrogen and oxygen atoms in total. The number of rotatable bonds is 5.